The van der Waals surface area contributed by atoms with Crippen molar-refractivity contribution < 1.29 is 4.79 Å². The Morgan fingerprint density at radius 3 is 1.89 bits per heavy atom. The van der Waals surface area contributed by atoms with Crippen LogP contribution in [0.25, 0.3) is 0 Å². The number of nitrogens with two attached hydrogens (primary N) is 2. The first kappa shape index (κ1) is 11.1. The lowest BCUT2D eigenvalue weighted by Gasteiger charge is -2.00. The minimum Gasteiger partial charge on any atom is -0.387 e. The standard InChI is InChI=1S/C4H9N3O.ClH/c1-2(3(5)6)4(7)8;/h2H,1H3,(H3,5,6)(H2,7,8);1H. The number of carbonyl (C=O) groups is 1. The average molecular weight is 152 g/mol. The molecule has 54 valence electrons. The summed E-state index contributed by atoms with van der Waals surface area (Å²) < 4.78 is 0. The van der Waals surface area contributed by atoms with E-state index in [4.69, 9.17) is 16.9 Å². The van der Waals surface area contributed by atoms with Crippen molar-refractivity contribution in [2.45, 2.75) is 6.92 Å². The molecule has 1 amide bonds. The van der Waals surface area contributed by atoms with Gasteiger partial charge in [0.05, 0.1) is 5.92 Å². The molecule has 1 atom stereocenters. The number of hydrogen-bond acceptors (Lipinski definition) is 2. The Kier molecular flexibility index (Phi) is 5.10. The molecule has 0 aromatic rings. The van der Waals surface area contributed by atoms with E-state index in [1.165, 1.54) is 6.92 Å². The van der Waals surface area contributed by atoms with Crippen molar-refractivity contribution in [3.63, 3.8) is 0 Å². The fourth-order valence-corrected chi connectivity index (χ4v) is 0.153. The van der Waals surface area contributed by atoms with E-state index >= 15 is 0 Å². The zero-order valence-electron chi connectivity index (χ0n) is 5.05. The van der Waals surface area contributed by atoms with Gasteiger partial charge in [-0.05, 0) is 6.92 Å². The molecule has 0 aliphatic heterocycles. The van der Waals surface area contributed by atoms with E-state index in [9.17, 15) is 4.79 Å². The molecule has 0 spiro atoms. The van der Waals surface area contributed by atoms with Crippen LogP contribution in [0.2, 0.25) is 0 Å². The maximum Gasteiger partial charge on any atom is 0.227 e. The number of primary amides is 1. The molecule has 0 fully saturated rings. The Labute approximate surface area is 59.5 Å². The van der Waals surface area contributed by atoms with Crippen LogP contribution < -0.4 is 11.5 Å². The Balaban J connectivity index is 0. The SMILES string of the molecule is CC(C(=N)N)C(N)=O.Cl. The number of halogens is 1. The predicted molar refractivity (Wildman–Crippen MR) is 37.5 cm³/mol. The highest BCUT2D eigenvalue weighted by Gasteiger charge is 2.09. The maximum absolute atomic E-state index is 10.1. The largest absolute Gasteiger partial charge is 0.387 e. The molecule has 5 N–H and O–H groups in total. The Hall–Kier alpha value is -0.770. The van der Waals surface area contributed by atoms with Gasteiger partial charge in [0.2, 0.25) is 5.91 Å². The normalized spacial score (nSPS) is 11.2. The average Bonchev–Trinajstić information content (AvgIpc) is 1.64. The quantitative estimate of drug-likeness (QED) is 0.366. The lowest BCUT2D eigenvalue weighted by Crippen LogP contribution is -2.32. The van der Waals surface area contributed by atoms with Crippen LogP contribution in [0, 0.1) is 11.3 Å². The Morgan fingerprint density at radius 1 is 1.56 bits per heavy atom. The third-order valence-corrected chi connectivity index (χ3v) is 0.893. The third kappa shape index (κ3) is 3.78. The summed E-state index contributed by atoms with van der Waals surface area (Å²) in [6.45, 7) is 1.49. The summed E-state index contributed by atoms with van der Waals surface area (Å²) in [6.07, 6.45) is 0. The molecule has 1 unspecified atom stereocenters. The van der Waals surface area contributed by atoms with E-state index < -0.39 is 11.8 Å². The van der Waals surface area contributed by atoms with Gasteiger partial charge in [-0.15, -0.1) is 12.4 Å². The van der Waals surface area contributed by atoms with Crippen molar-refractivity contribution in [1.29, 1.82) is 5.41 Å². The first-order valence-corrected chi connectivity index (χ1v) is 2.19. The van der Waals surface area contributed by atoms with Gasteiger partial charge in [-0.25, -0.2) is 0 Å². The van der Waals surface area contributed by atoms with Gasteiger partial charge >= 0.3 is 0 Å². The van der Waals surface area contributed by atoms with Crippen molar-refractivity contribution >= 4 is 24.1 Å². The second-order valence-electron chi connectivity index (χ2n) is 1.58. The van der Waals surface area contributed by atoms with Crippen molar-refractivity contribution in [3.8, 4) is 0 Å². The van der Waals surface area contributed by atoms with E-state index in [0.717, 1.165) is 0 Å². The number of hydrogen-bond donors (Lipinski definition) is 3. The molecule has 0 bridgehead atoms. The second-order valence-corrected chi connectivity index (χ2v) is 1.58. The van der Waals surface area contributed by atoms with Gasteiger partial charge in [0.25, 0.3) is 0 Å². The molecule has 0 aliphatic rings. The molecule has 0 aliphatic carbocycles. The molecule has 0 saturated carbocycles. The van der Waals surface area contributed by atoms with Crippen LogP contribution >= 0.6 is 12.4 Å². The number of rotatable bonds is 2. The molecule has 0 rings (SSSR count). The fourth-order valence-electron chi connectivity index (χ4n) is 0.153. The smallest absolute Gasteiger partial charge is 0.227 e. The van der Waals surface area contributed by atoms with Gasteiger partial charge < -0.3 is 11.5 Å². The van der Waals surface area contributed by atoms with Gasteiger partial charge in [0.1, 0.15) is 5.84 Å². The van der Waals surface area contributed by atoms with Crippen molar-refractivity contribution in [3.05, 3.63) is 0 Å². The van der Waals surface area contributed by atoms with Crippen LogP contribution in [-0.2, 0) is 4.79 Å². The summed E-state index contributed by atoms with van der Waals surface area (Å²) in [7, 11) is 0. The maximum atomic E-state index is 10.1. The highest BCUT2D eigenvalue weighted by molar-refractivity contribution is 5.99. The van der Waals surface area contributed by atoms with Gasteiger partial charge in [0, 0.05) is 0 Å². The molecule has 4 nitrogen and oxygen atoms in total. The van der Waals surface area contributed by atoms with Crippen molar-refractivity contribution in [1.82, 2.24) is 0 Å². The first-order valence-electron chi connectivity index (χ1n) is 2.19. The van der Waals surface area contributed by atoms with E-state index in [-0.39, 0.29) is 18.2 Å². The number of amidine groups is 1. The lowest BCUT2D eigenvalue weighted by molar-refractivity contribution is -0.119. The molecular formula is C4H10ClN3O. The van der Waals surface area contributed by atoms with E-state index in [1.807, 2.05) is 0 Å². The van der Waals surface area contributed by atoms with Crippen LogP contribution in [0.3, 0.4) is 0 Å². The molecule has 0 radical (unpaired) electrons. The van der Waals surface area contributed by atoms with Crippen LogP contribution in [-0.4, -0.2) is 11.7 Å². The zero-order valence-corrected chi connectivity index (χ0v) is 5.87. The summed E-state index contributed by atoms with van der Waals surface area (Å²) in [5.41, 5.74) is 9.70. The number of carbonyl (C=O) groups excluding carboxylic acids is 1. The topological polar surface area (TPSA) is 93.0 Å². The van der Waals surface area contributed by atoms with Crippen LogP contribution in [0.15, 0.2) is 0 Å². The second kappa shape index (κ2) is 4.14. The molecule has 5 heteroatoms. The van der Waals surface area contributed by atoms with Crippen molar-refractivity contribution in [2.24, 2.45) is 17.4 Å². The number of amides is 1. The third-order valence-electron chi connectivity index (χ3n) is 0.893. The molecule has 0 aromatic carbocycles. The van der Waals surface area contributed by atoms with Gasteiger partial charge in [-0.1, -0.05) is 0 Å². The van der Waals surface area contributed by atoms with Gasteiger partial charge in [-0.2, -0.15) is 0 Å². The highest BCUT2D eigenvalue weighted by atomic mass is 35.5. The summed E-state index contributed by atoms with van der Waals surface area (Å²) >= 11 is 0. The highest BCUT2D eigenvalue weighted by Crippen LogP contribution is 1.88. The fraction of sp³-hybridized carbons (Fsp3) is 0.500. The summed E-state index contributed by atoms with van der Waals surface area (Å²) in [4.78, 5) is 10.1. The lowest BCUT2D eigenvalue weighted by atomic mass is 10.1. The minimum atomic E-state index is -0.630. The molecule has 0 aromatic heterocycles. The summed E-state index contributed by atoms with van der Waals surface area (Å²) in [5.74, 6) is -1.37. The zero-order chi connectivity index (χ0) is 6.73. The molecule has 0 saturated heterocycles. The molecule has 0 heterocycles. The van der Waals surface area contributed by atoms with Crippen LogP contribution in [0.1, 0.15) is 6.92 Å². The van der Waals surface area contributed by atoms with Gasteiger partial charge in [-0.3, -0.25) is 10.2 Å². The monoisotopic (exact) mass is 151 g/mol. The molecule has 9 heavy (non-hydrogen) atoms. The first-order chi connectivity index (χ1) is 3.55. The number of nitrogens with one attached hydrogen (secondary N) is 1. The van der Waals surface area contributed by atoms with E-state index in [0.29, 0.717) is 0 Å². The predicted octanol–water partition coefficient (Wildman–Crippen LogP) is -0.534. The van der Waals surface area contributed by atoms with Crippen LogP contribution in [0.4, 0.5) is 0 Å². The van der Waals surface area contributed by atoms with Gasteiger partial charge in [0.15, 0.2) is 0 Å². The Morgan fingerprint density at radius 2 is 1.89 bits per heavy atom. The molecular weight excluding hydrogens is 142 g/mol. The van der Waals surface area contributed by atoms with Crippen molar-refractivity contribution in [2.75, 3.05) is 0 Å². The van der Waals surface area contributed by atoms with E-state index in [1.54, 1.807) is 0 Å². The minimum absolute atomic E-state index is 0. The van der Waals surface area contributed by atoms with E-state index in [2.05, 4.69) is 0 Å². The Bertz CT molecular complexity index is 111. The summed E-state index contributed by atoms with van der Waals surface area (Å²) in [6, 6.07) is 0. The summed E-state index contributed by atoms with van der Waals surface area (Å²) in [5, 5.41) is 6.71. The van der Waals surface area contributed by atoms with Crippen LogP contribution in [0.5, 0.6) is 0 Å².